The van der Waals surface area contributed by atoms with Crippen molar-refractivity contribution >= 4 is 18.2 Å². The number of carbonyl (C=O) groups is 3. The number of urea groups is 1. The van der Waals surface area contributed by atoms with Crippen molar-refractivity contribution in [3.05, 3.63) is 34.9 Å². The van der Waals surface area contributed by atoms with Crippen molar-refractivity contribution in [3.8, 4) is 0 Å². The van der Waals surface area contributed by atoms with Gasteiger partial charge in [0.1, 0.15) is 0 Å². The Morgan fingerprint density at radius 3 is 2.57 bits per heavy atom. The Bertz CT molecular complexity index is 544. The van der Waals surface area contributed by atoms with Gasteiger partial charge in [-0.05, 0) is 24.1 Å². The van der Waals surface area contributed by atoms with E-state index in [0.717, 1.165) is 24.8 Å². The molecular formula is C17H25N3O3. The molecule has 1 rings (SSSR count). The number of nitrogens with one attached hydrogen (secondary N) is 3. The zero-order valence-electron chi connectivity index (χ0n) is 13.8. The van der Waals surface area contributed by atoms with Gasteiger partial charge in [0.25, 0.3) is 5.91 Å². The second kappa shape index (κ2) is 10.4. The molecule has 0 saturated carbocycles. The van der Waals surface area contributed by atoms with Gasteiger partial charge >= 0.3 is 6.03 Å². The van der Waals surface area contributed by atoms with Crippen LogP contribution >= 0.6 is 0 Å². The van der Waals surface area contributed by atoms with E-state index in [-0.39, 0.29) is 11.9 Å². The van der Waals surface area contributed by atoms with E-state index in [0.29, 0.717) is 30.5 Å². The molecule has 23 heavy (non-hydrogen) atoms. The maximum Gasteiger partial charge on any atom is 0.315 e. The van der Waals surface area contributed by atoms with Gasteiger partial charge < -0.3 is 16.0 Å². The van der Waals surface area contributed by atoms with E-state index >= 15 is 0 Å². The molecular weight excluding hydrogens is 294 g/mol. The molecule has 126 valence electrons. The van der Waals surface area contributed by atoms with E-state index in [2.05, 4.69) is 22.9 Å². The minimum atomic E-state index is -0.309. The molecule has 1 aromatic rings. The van der Waals surface area contributed by atoms with Crippen LogP contribution in [0.25, 0.3) is 0 Å². The van der Waals surface area contributed by atoms with Crippen molar-refractivity contribution in [1.82, 2.24) is 16.0 Å². The van der Waals surface area contributed by atoms with Gasteiger partial charge in [0, 0.05) is 31.3 Å². The number of benzene rings is 1. The van der Waals surface area contributed by atoms with E-state index in [1.165, 1.54) is 13.5 Å². The zero-order valence-corrected chi connectivity index (χ0v) is 13.8. The molecule has 0 aliphatic heterocycles. The van der Waals surface area contributed by atoms with Crippen LogP contribution in [0.5, 0.6) is 0 Å². The van der Waals surface area contributed by atoms with Crippen molar-refractivity contribution in [1.29, 1.82) is 0 Å². The Balaban J connectivity index is 2.47. The summed E-state index contributed by atoms with van der Waals surface area (Å²) in [6.07, 6.45) is 5.06. The largest absolute Gasteiger partial charge is 0.355 e. The number of hydrogen-bond acceptors (Lipinski definition) is 3. The summed E-state index contributed by atoms with van der Waals surface area (Å²) >= 11 is 0. The first-order valence-corrected chi connectivity index (χ1v) is 7.94. The highest BCUT2D eigenvalue weighted by Crippen LogP contribution is 2.10. The number of carbonyl (C=O) groups excluding carboxylic acids is 3. The number of unbranched alkanes of at least 4 members (excludes halogenated alkanes) is 3. The molecule has 6 nitrogen and oxygen atoms in total. The minimum Gasteiger partial charge on any atom is -0.355 e. The Morgan fingerprint density at radius 2 is 1.91 bits per heavy atom. The second-order valence-electron chi connectivity index (χ2n) is 5.29. The molecule has 3 amide bonds. The van der Waals surface area contributed by atoms with E-state index in [1.54, 1.807) is 18.2 Å². The number of hydrogen-bond donors (Lipinski definition) is 3. The van der Waals surface area contributed by atoms with Gasteiger partial charge in [-0.3, -0.25) is 9.59 Å². The molecule has 0 atom stereocenters. The van der Waals surface area contributed by atoms with Crippen molar-refractivity contribution in [3.63, 3.8) is 0 Å². The highest BCUT2D eigenvalue weighted by molar-refractivity contribution is 6.01. The summed E-state index contributed by atoms with van der Waals surface area (Å²) < 4.78 is 0. The van der Waals surface area contributed by atoms with Crippen LogP contribution in [0.2, 0.25) is 0 Å². The van der Waals surface area contributed by atoms with E-state index in [9.17, 15) is 14.4 Å². The summed E-state index contributed by atoms with van der Waals surface area (Å²) in [7, 11) is 1.51. The topological polar surface area (TPSA) is 87.3 Å². The molecule has 0 aromatic heterocycles. The van der Waals surface area contributed by atoms with Gasteiger partial charge in [-0.15, -0.1) is 0 Å². The molecule has 0 aliphatic carbocycles. The molecule has 1 aromatic carbocycles. The first-order valence-electron chi connectivity index (χ1n) is 7.94. The first-order chi connectivity index (χ1) is 11.1. The third-order valence-corrected chi connectivity index (χ3v) is 3.48. The van der Waals surface area contributed by atoms with Crippen molar-refractivity contribution in [2.75, 3.05) is 13.6 Å². The van der Waals surface area contributed by atoms with Gasteiger partial charge in [-0.2, -0.15) is 0 Å². The number of aldehydes is 1. The smallest absolute Gasteiger partial charge is 0.315 e. The Labute approximate surface area is 137 Å². The lowest BCUT2D eigenvalue weighted by atomic mass is 10.0. The fourth-order valence-corrected chi connectivity index (χ4v) is 2.16. The first kappa shape index (κ1) is 18.7. The lowest BCUT2D eigenvalue weighted by Gasteiger charge is -2.09. The van der Waals surface area contributed by atoms with Crippen molar-refractivity contribution in [2.24, 2.45) is 0 Å². The molecule has 0 spiro atoms. The van der Waals surface area contributed by atoms with Crippen LogP contribution in [-0.2, 0) is 6.54 Å². The molecule has 0 fully saturated rings. The molecule has 0 radical (unpaired) electrons. The maximum atomic E-state index is 11.7. The Hall–Kier alpha value is -2.37. The quantitative estimate of drug-likeness (QED) is 0.482. The highest BCUT2D eigenvalue weighted by Gasteiger charge is 2.10. The van der Waals surface area contributed by atoms with Gasteiger partial charge in [0.2, 0.25) is 0 Å². The molecule has 6 heteroatoms. The van der Waals surface area contributed by atoms with E-state index < -0.39 is 0 Å². The predicted octanol–water partition coefficient (Wildman–Crippen LogP) is 2.24. The van der Waals surface area contributed by atoms with Crippen molar-refractivity contribution in [2.45, 2.75) is 39.2 Å². The van der Waals surface area contributed by atoms with E-state index in [4.69, 9.17) is 0 Å². The van der Waals surface area contributed by atoms with Gasteiger partial charge in [0.15, 0.2) is 6.29 Å². The monoisotopic (exact) mass is 319 g/mol. The van der Waals surface area contributed by atoms with Crippen LogP contribution < -0.4 is 16.0 Å². The molecule has 0 unspecified atom stereocenters. The normalized spacial score (nSPS) is 10.0. The SMILES string of the molecule is CCCCCCNC(=O)NCc1ccc(C(=O)NC)c(C=O)c1. The van der Waals surface area contributed by atoms with Gasteiger partial charge in [0.05, 0.1) is 0 Å². The molecule has 0 bridgehead atoms. The lowest BCUT2D eigenvalue weighted by Crippen LogP contribution is -2.35. The third-order valence-electron chi connectivity index (χ3n) is 3.48. The number of rotatable bonds is 9. The average Bonchev–Trinajstić information content (AvgIpc) is 2.58. The molecule has 0 heterocycles. The average molecular weight is 319 g/mol. The third kappa shape index (κ3) is 6.50. The molecule has 0 saturated heterocycles. The van der Waals surface area contributed by atoms with Crippen LogP contribution in [0.15, 0.2) is 18.2 Å². The van der Waals surface area contributed by atoms with Gasteiger partial charge in [-0.1, -0.05) is 32.3 Å². The molecule has 0 aliphatic rings. The standard InChI is InChI=1S/C17H25N3O3/c1-3-4-5-6-9-19-17(23)20-11-13-7-8-15(16(22)18-2)14(10-13)12-21/h7-8,10,12H,3-6,9,11H2,1-2H3,(H,18,22)(H2,19,20,23). The Morgan fingerprint density at radius 1 is 1.13 bits per heavy atom. The van der Waals surface area contributed by atoms with Crippen molar-refractivity contribution < 1.29 is 14.4 Å². The highest BCUT2D eigenvalue weighted by atomic mass is 16.2. The van der Waals surface area contributed by atoms with Crippen LogP contribution in [0, 0.1) is 0 Å². The Kier molecular flexibility index (Phi) is 8.42. The lowest BCUT2D eigenvalue weighted by molar-refractivity contribution is 0.0957. The van der Waals surface area contributed by atoms with Crippen LogP contribution in [0.3, 0.4) is 0 Å². The fraction of sp³-hybridized carbons (Fsp3) is 0.471. The summed E-state index contributed by atoms with van der Waals surface area (Å²) in [5.41, 5.74) is 1.40. The van der Waals surface area contributed by atoms with E-state index in [1.807, 2.05) is 0 Å². The zero-order chi connectivity index (χ0) is 17.1. The minimum absolute atomic E-state index is 0.232. The van der Waals surface area contributed by atoms with Crippen LogP contribution in [0.4, 0.5) is 4.79 Å². The predicted molar refractivity (Wildman–Crippen MR) is 89.6 cm³/mol. The number of amides is 3. The van der Waals surface area contributed by atoms with Crippen LogP contribution in [-0.4, -0.2) is 31.8 Å². The second-order valence-corrected chi connectivity index (χ2v) is 5.29. The summed E-state index contributed by atoms with van der Waals surface area (Å²) in [6, 6.07) is 4.69. The van der Waals surface area contributed by atoms with Crippen LogP contribution in [0.1, 0.15) is 58.9 Å². The summed E-state index contributed by atoms with van der Waals surface area (Å²) in [5.74, 6) is -0.309. The maximum absolute atomic E-state index is 11.7. The van der Waals surface area contributed by atoms with Gasteiger partial charge in [-0.25, -0.2) is 4.79 Å². The fourth-order valence-electron chi connectivity index (χ4n) is 2.16. The molecule has 3 N–H and O–H groups in total. The summed E-state index contributed by atoms with van der Waals surface area (Å²) in [6.45, 7) is 3.10. The summed E-state index contributed by atoms with van der Waals surface area (Å²) in [4.78, 5) is 34.4. The summed E-state index contributed by atoms with van der Waals surface area (Å²) in [5, 5.41) is 8.02.